The molecule has 0 bridgehead atoms. The summed E-state index contributed by atoms with van der Waals surface area (Å²) >= 11 is 12.7. The first-order chi connectivity index (χ1) is 16.0. The molecule has 0 spiro atoms. The molecule has 8 heteroatoms. The Morgan fingerprint density at radius 2 is 1.76 bits per heavy atom. The molecule has 1 N–H and O–H groups in total. The van der Waals surface area contributed by atoms with Crippen LogP contribution in [0.15, 0.2) is 60.8 Å². The molecule has 0 unspecified atom stereocenters. The summed E-state index contributed by atoms with van der Waals surface area (Å²) in [6, 6.07) is 15.5. The van der Waals surface area contributed by atoms with Gasteiger partial charge in [0.15, 0.2) is 0 Å². The number of hydrogen-bond acceptors (Lipinski definition) is 4. The summed E-state index contributed by atoms with van der Waals surface area (Å²) in [5.74, 6) is -0.442. The fraction of sp³-hybridized carbons (Fsp3) is 0.240. The van der Waals surface area contributed by atoms with Crippen LogP contribution in [0.4, 0.5) is 5.69 Å². The van der Waals surface area contributed by atoms with Gasteiger partial charge in [-0.3, -0.25) is 14.6 Å². The second-order valence-electron chi connectivity index (χ2n) is 7.78. The smallest absolute Gasteiger partial charge is 0.257 e. The highest BCUT2D eigenvalue weighted by Crippen LogP contribution is 2.30. The molecule has 1 aliphatic heterocycles. The Morgan fingerprint density at radius 1 is 0.970 bits per heavy atom. The largest absolute Gasteiger partial charge is 0.336 e. The van der Waals surface area contributed by atoms with Crippen molar-refractivity contribution >= 4 is 40.7 Å². The quantitative estimate of drug-likeness (QED) is 0.550. The van der Waals surface area contributed by atoms with Crippen molar-refractivity contribution in [2.45, 2.75) is 6.92 Å². The van der Waals surface area contributed by atoms with E-state index in [1.807, 2.05) is 23.1 Å². The molecule has 33 heavy (non-hydrogen) atoms. The second-order valence-corrected chi connectivity index (χ2v) is 8.60. The van der Waals surface area contributed by atoms with Crippen LogP contribution in [0.25, 0.3) is 11.3 Å². The Hall–Kier alpha value is -2.93. The number of nitrogens with one attached hydrogen (secondary N) is 1. The van der Waals surface area contributed by atoms with Crippen molar-refractivity contribution in [1.82, 2.24) is 14.8 Å². The van der Waals surface area contributed by atoms with Crippen LogP contribution in [0.5, 0.6) is 0 Å². The minimum atomic E-state index is -0.371. The SMILES string of the molecule is CCN1CCN(C(=O)c2ccc(C(=O)Nc3ccc(Cl)c(-c4ccccn4)c3)c(Cl)c2)CC1. The molecule has 1 saturated heterocycles. The highest BCUT2D eigenvalue weighted by atomic mass is 35.5. The maximum absolute atomic E-state index is 12.9. The summed E-state index contributed by atoms with van der Waals surface area (Å²) in [5, 5.41) is 3.61. The van der Waals surface area contributed by atoms with Crippen LogP contribution in [0.2, 0.25) is 10.0 Å². The van der Waals surface area contributed by atoms with Crippen LogP contribution < -0.4 is 5.32 Å². The summed E-state index contributed by atoms with van der Waals surface area (Å²) in [4.78, 5) is 34.2. The Balaban J connectivity index is 1.48. The predicted molar refractivity (Wildman–Crippen MR) is 132 cm³/mol. The molecule has 1 aromatic heterocycles. The second kappa shape index (κ2) is 10.3. The van der Waals surface area contributed by atoms with E-state index >= 15 is 0 Å². The Bertz CT molecular complexity index is 1160. The zero-order valence-electron chi connectivity index (χ0n) is 18.2. The number of pyridine rings is 1. The molecule has 0 saturated carbocycles. The number of likely N-dealkylation sites (N-methyl/N-ethyl adjacent to an activating group) is 1. The third-order valence-electron chi connectivity index (χ3n) is 5.73. The minimum Gasteiger partial charge on any atom is -0.336 e. The van der Waals surface area contributed by atoms with Gasteiger partial charge in [-0.2, -0.15) is 0 Å². The molecule has 170 valence electrons. The number of rotatable bonds is 5. The standard InChI is InChI=1S/C25H24Cl2N4O2/c1-2-30-11-13-31(14-12-30)25(33)17-6-8-19(22(27)15-17)24(32)29-18-7-9-21(26)20(16-18)23-5-3-4-10-28-23/h3-10,15-16H,2,11-14H2,1H3,(H,29,32). The van der Waals surface area contributed by atoms with E-state index < -0.39 is 0 Å². The molecule has 2 aromatic carbocycles. The van der Waals surface area contributed by atoms with Crippen molar-refractivity contribution in [3.05, 3.63) is 82.0 Å². The number of piperazine rings is 1. The van der Waals surface area contributed by atoms with E-state index in [1.165, 1.54) is 0 Å². The van der Waals surface area contributed by atoms with Crippen molar-refractivity contribution in [3.63, 3.8) is 0 Å². The van der Waals surface area contributed by atoms with E-state index in [9.17, 15) is 9.59 Å². The third kappa shape index (κ3) is 5.36. The molecule has 6 nitrogen and oxygen atoms in total. The zero-order valence-corrected chi connectivity index (χ0v) is 19.7. The Labute approximate surface area is 203 Å². The fourth-order valence-corrected chi connectivity index (χ4v) is 4.28. The van der Waals surface area contributed by atoms with E-state index in [2.05, 4.69) is 22.1 Å². The van der Waals surface area contributed by atoms with Crippen molar-refractivity contribution in [1.29, 1.82) is 0 Å². The summed E-state index contributed by atoms with van der Waals surface area (Å²) in [6.07, 6.45) is 1.68. The number of carbonyl (C=O) groups excluding carboxylic acids is 2. The Morgan fingerprint density at radius 3 is 2.42 bits per heavy atom. The number of nitrogens with zero attached hydrogens (tertiary/aromatic N) is 3. The van der Waals surface area contributed by atoms with Crippen LogP contribution in [0.1, 0.15) is 27.6 Å². The van der Waals surface area contributed by atoms with E-state index in [1.54, 1.807) is 42.6 Å². The van der Waals surface area contributed by atoms with Gasteiger partial charge in [0.05, 0.1) is 21.3 Å². The van der Waals surface area contributed by atoms with Crippen molar-refractivity contribution in [3.8, 4) is 11.3 Å². The molecule has 1 aliphatic rings. The average molecular weight is 483 g/mol. The van der Waals surface area contributed by atoms with Gasteiger partial charge in [0.1, 0.15) is 0 Å². The topological polar surface area (TPSA) is 65.5 Å². The lowest BCUT2D eigenvalue weighted by Gasteiger charge is -2.34. The normalized spacial score (nSPS) is 14.2. The fourth-order valence-electron chi connectivity index (χ4n) is 3.80. The molecule has 3 aromatic rings. The number of carbonyl (C=O) groups is 2. The van der Waals surface area contributed by atoms with Gasteiger partial charge in [-0.05, 0) is 55.1 Å². The highest BCUT2D eigenvalue weighted by Gasteiger charge is 2.22. The van der Waals surface area contributed by atoms with Gasteiger partial charge in [0, 0.05) is 49.2 Å². The first-order valence-electron chi connectivity index (χ1n) is 10.8. The Kier molecular flexibility index (Phi) is 7.28. The number of hydrogen-bond donors (Lipinski definition) is 1. The first kappa shape index (κ1) is 23.2. The van der Waals surface area contributed by atoms with Gasteiger partial charge >= 0.3 is 0 Å². The van der Waals surface area contributed by atoms with Crippen LogP contribution in [-0.2, 0) is 0 Å². The number of anilines is 1. The molecular formula is C25H24Cl2N4O2. The van der Waals surface area contributed by atoms with Crippen molar-refractivity contribution in [2.75, 3.05) is 38.0 Å². The predicted octanol–water partition coefficient (Wildman–Crippen LogP) is 5.09. The number of halogens is 2. The number of amides is 2. The number of benzene rings is 2. The molecule has 2 amide bonds. The van der Waals surface area contributed by atoms with E-state index in [4.69, 9.17) is 23.2 Å². The summed E-state index contributed by atoms with van der Waals surface area (Å²) in [6.45, 7) is 6.18. The minimum absolute atomic E-state index is 0.0719. The van der Waals surface area contributed by atoms with Crippen LogP contribution >= 0.6 is 23.2 Å². The number of aromatic nitrogens is 1. The maximum atomic E-state index is 12.9. The van der Waals surface area contributed by atoms with Gasteiger partial charge < -0.3 is 15.1 Å². The van der Waals surface area contributed by atoms with E-state index in [0.717, 1.165) is 19.6 Å². The van der Waals surface area contributed by atoms with Crippen LogP contribution in [0.3, 0.4) is 0 Å². The van der Waals surface area contributed by atoms with Gasteiger partial charge in [-0.1, -0.05) is 36.2 Å². The molecule has 0 radical (unpaired) electrons. The van der Waals surface area contributed by atoms with E-state index in [0.29, 0.717) is 46.2 Å². The lowest BCUT2D eigenvalue weighted by Crippen LogP contribution is -2.48. The van der Waals surface area contributed by atoms with Crippen LogP contribution in [0, 0.1) is 0 Å². The lowest BCUT2D eigenvalue weighted by atomic mass is 10.1. The van der Waals surface area contributed by atoms with E-state index in [-0.39, 0.29) is 16.8 Å². The lowest BCUT2D eigenvalue weighted by molar-refractivity contribution is 0.0643. The monoisotopic (exact) mass is 482 g/mol. The maximum Gasteiger partial charge on any atom is 0.257 e. The highest BCUT2D eigenvalue weighted by molar-refractivity contribution is 6.35. The molecule has 1 fully saturated rings. The van der Waals surface area contributed by atoms with Crippen molar-refractivity contribution < 1.29 is 9.59 Å². The van der Waals surface area contributed by atoms with Crippen LogP contribution in [-0.4, -0.2) is 59.3 Å². The van der Waals surface area contributed by atoms with Crippen molar-refractivity contribution in [2.24, 2.45) is 0 Å². The van der Waals surface area contributed by atoms with Gasteiger partial charge in [0.25, 0.3) is 11.8 Å². The molecule has 2 heterocycles. The molecule has 0 aliphatic carbocycles. The van der Waals surface area contributed by atoms with Gasteiger partial charge in [-0.25, -0.2) is 0 Å². The van der Waals surface area contributed by atoms with Gasteiger partial charge in [-0.15, -0.1) is 0 Å². The molecule has 0 atom stereocenters. The average Bonchev–Trinajstić information content (AvgIpc) is 2.85. The van der Waals surface area contributed by atoms with Gasteiger partial charge in [0.2, 0.25) is 0 Å². The summed E-state index contributed by atoms with van der Waals surface area (Å²) in [7, 11) is 0. The molecular weight excluding hydrogens is 459 g/mol. The summed E-state index contributed by atoms with van der Waals surface area (Å²) in [5.41, 5.74) is 2.75. The first-order valence-corrected chi connectivity index (χ1v) is 11.6. The molecule has 4 rings (SSSR count). The summed E-state index contributed by atoms with van der Waals surface area (Å²) < 4.78 is 0. The zero-order chi connectivity index (χ0) is 23.4. The third-order valence-corrected chi connectivity index (χ3v) is 6.37.